The van der Waals surface area contributed by atoms with E-state index in [9.17, 15) is 4.39 Å². The number of hydrogen-bond acceptors (Lipinski definition) is 4. The van der Waals surface area contributed by atoms with Crippen molar-refractivity contribution < 1.29 is 4.39 Å². The van der Waals surface area contributed by atoms with E-state index < -0.39 is 5.82 Å². The fraction of sp³-hybridized carbons (Fsp3) is 0.263. The van der Waals surface area contributed by atoms with Crippen LogP contribution in [0.3, 0.4) is 0 Å². The van der Waals surface area contributed by atoms with Gasteiger partial charge < -0.3 is 10.6 Å². The summed E-state index contributed by atoms with van der Waals surface area (Å²) < 4.78 is 14.3. The third-order valence-corrected chi connectivity index (χ3v) is 5.48. The van der Waals surface area contributed by atoms with Gasteiger partial charge in [-0.3, -0.25) is 0 Å². The van der Waals surface area contributed by atoms with Crippen molar-refractivity contribution in [2.75, 3.05) is 10.6 Å². The smallest absolute Gasteiger partial charge is 0.229 e. The topological polar surface area (TPSA) is 49.8 Å². The normalized spacial score (nSPS) is 15.1. The summed E-state index contributed by atoms with van der Waals surface area (Å²) in [7, 11) is 0. The van der Waals surface area contributed by atoms with Crippen LogP contribution in [0, 0.1) is 11.7 Å². The quantitative estimate of drug-likeness (QED) is 0.505. The van der Waals surface area contributed by atoms with E-state index in [0.717, 1.165) is 21.2 Å². The Morgan fingerprint density at radius 2 is 2.04 bits per heavy atom. The molecule has 7 heteroatoms. The van der Waals surface area contributed by atoms with Crippen molar-refractivity contribution >= 4 is 55.9 Å². The molecule has 1 heterocycles. The highest BCUT2D eigenvalue weighted by atomic mass is 79.9. The summed E-state index contributed by atoms with van der Waals surface area (Å²) in [5, 5.41) is 7.65. The molecule has 2 N–H and O–H groups in total. The number of halogens is 3. The number of hydrogen-bond donors (Lipinski definition) is 2. The number of nitrogens with zero attached hydrogens (tertiary/aromatic N) is 2. The largest absolute Gasteiger partial charge is 0.367 e. The van der Waals surface area contributed by atoms with Gasteiger partial charge in [-0.05, 0) is 71.9 Å². The van der Waals surface area contributed by atoms with E-state index in [2.05, 4.69) is 43.5 Å². The molecule has 1 aliphatic rings. The van der Waals surface area contributed by atoms with E-state index in [0.29, 0.717) is 23.6 Å². The first-order valence-corrected chi connectivity index (χ1v) is 9.63. The Labute approximate surface area is 164 Å². The standard InChI is InChI=1S/C19H17BrClFN4/c1-10(11-5-6-11)23-18-13-3-2-4-14(20)17(13)25-19(26-18)24-12-7-8-16(22)15(21)9-12/h2-4,7-11H,5-6H2,1H3,(H2,23,24,25,26). The monoisotopic (exact) mass is 434 g/mol. The molecule has 4 nitrogen and oxygen atoms in total. The molecule has 26 heavy (non-hydrogen) atoms. The predicted molar refractivity (Wildman–Crippen MR) is 108 cm³/mol. The molecule has 0 bridgehead atoms. The summed E-state index contributed by atoms with van der Waals surface area (Å²) in [6, 6.07) is 10.7. The summed E-state index contributed by atoms with van der Waals surface area (Å²) in [5.41, 5.74) is 1.44. The van der Waals surface area contributed by atoms with Crippen LogP contribution in [0.15, 0.2) is 40.9 Å². The average molecular weight is 436 g/mol. The van der Waals surface area contributed by atoms with Crippen LogP contribution in [0.25, 0.3) is 10.9 Å². The summed E-state index contributed by atoms with van der Waals surface area (Å²) in [5.74, 6) is 1.45. The van der Waals surface area contributed by atoms with E-state index in [4.69, 9.17) is 11.6 Å². The number of anilines is 3. The second-order valence-electron chi connectivity index (χ2n) is 6.56. The van der Waals surface area contributed by atoms with E-state index in [1.54, 1.807) is 6.07 Å². The first-order chi connectivity index (χ1) is 12.5. The van der Waals surface area contributed by atoms with Crippen LogP contribution in [0.4, 0.5) is 21.8 Å². The van der Waals surface area contributed by atoms with Crippen LogP contribution in [0.1, 0.15) is 19.8 Å². The van der Waals surface area contributed by atoms with Gasteiger partial charge in [0.15, 0.2) is 0 Å². The Bertz CT molecular complexity index is 977. The molecule has 1 aromatic heterocycles. The predicted octanol–water partition coefficient (Wildman–Crippen LogP) is 6.14. The zero-order valence-corrected chi connectivity index (χ0v) is 16.4. The minimum Gasteiger partial charge on any atom is -0.367 e. The zero-order valence-electron chi connectivity index (χ0n) is 14.1. The van der Waals surface area contributed by atoms with Crippen LogP contribution < -0.4 is 10.6 Å². The van der Waals surface area contributed by atoms with Gasteiger partial charge in [0.2, 0.25) is 5.95 Å². The minimum absolute atomic E-state index is 0.0534. The lowest BCUT2D eigenvalue weighted by Gasteiger charge is -2.17. The van der Waals surface area contributed by atoms with Gasteiger partial charge in [-0.25, -0.2) is 9.37 Å². The van der Waals surface area contributed by atoms with Gasteiger partial charge in [0.05, 0.1) is 10.5 Å². The lowest BCUT2D eigenvalue weighted by atomic mass is 10.2. The zero-order chi connectivity index (χ0) is 18.3. The Morgan fingerprint density at radius 3 is 2.77 bits per heavy atom. The highest BCUT2D eigenvalue weighted by molar-refractivity contribution is 9.10. The molecule has 1 atom stereocenters. The van der Waals surface area contributed by atoms with E-state index >= 15 is 0 Å². The molecule has 0 spiro atoms. The molecule has 1 aliphatic carbocycles. The first-order valence-electron chi connectivity index (χ1n) is 8.46. The molecule has 1 saturated carbocycles. The third-order valence-electron chi connectivity index (χ3n) is 4.55. The summed E-state index contributed by atoms with van der Waals surface area (Å²) >= 11 is 9.43. The van der Waals surface area contributed by atoms with Gasteiger partial charge in [0, 0.05) is 21.6 Å². The summed E-state index contributed by atoms with van der Waals surface area (Å²) in [6.45, 7) is 2.18. The maximum atomic E-state index is 13.4. The molecule has 134 valence electrons. The molecule has 0 radical (unpaired) electrons. The van der Waals surface area contributed by atoms with Gasteiger partial charge >= 0.3 is 0 Å². The van der Waals surface area contributed by atoms with E-state index in [1.165, 1.54) is 25.0 Å². The average Bonchev–Trinajstić information content (AvgIpc) is 3.44. The Hall–Kier alpha value is -1.92. The molecule has 2 aromatic carbocycles. The second-order valence-corrected chi connectivity index (χ2v) is 7.82. The van der Waals surface area contributed by atoms with Crippen molar-refractivity contribution in [3.8, 4) is 0 Å². The molecular formula is C19H17BrClFN4. The molecule has 4 rings (SSSR count). The lowest BCUT2D eigenvalue weighted by molar-refractivity contribution is 0.628. The first kappa shape index (κ1) is 17.5. The fourth-order valence-electron chi connectivity index (χ4n) is 2.92. The summed E-state index contributed by atoms with van der Waals surface area (Å²) in [6.07, 6.45) is 2.50. The molecular weight excluding hydrogens is 419 g/mol. The second kappa shape index (κ2) is 7.00. The van der Waals surface area contributed by atoms with Gasteiger partial charge in [-0.1, -0.05) is 17.7 Å². The maximum Gasteiger partial charge on any atom is 0.229 e. The molecule has 1 fully saturated rings. The van der Waals surface area contributed by atoms with Gasteiger partial charge in [0.1, 0.15) is 11.6 Å². The van der Waals surface area contributed by atoms with Crippen molar-refractivity contribution in [3.05, 3.63) is 51.7 Å². The number of aromatic nitrogens is 2. The fourth-order valence-corrected chi connectivity index (χ4v) is 3.55. The van der Waals surface area contributed by atoms with Gasteiger partial charge in [-0.15, -0.1) is 0 Å². The number of benzene rings is 2. The van der Waals surface area contributed by atoms with Crippen molar-refractivity contribution in [1.29, 1.82) is 0 Å². The van der Waals surface area contributed by atoms with Crippen molar-refractivity contribution in [3.63, 3.8) is 0 Å². The third kappa shape index (κ3) is 3.62. The van der Waals surface area contributed by atoms with Crippen molar-refractivity contribution in [2.24, 2.45) is 5.92 Å². The molecule has 0 saturated heterocycles. The van der Waals surface area contributed by atoms with Gasteiger partial charge in [0.25, 0.3) is 0 Å². The number of fused-ring (bicyclic) bond motifs is 1. The van der Waals surface area contributed by atoms with Gasteiger partial charge in [-0.2, -0.15) is 4.98 Å². The Morgan fingerprint density at radius 1 is 1.23 bits per heavy atom. The molecule has 0 aliphatic heterocycles. The van der Waals surface area contributed by atoms with E-state index in [-0.39, 0.29) is 5.02 Å². The van der Waals surface area contributed by atoms with Crippen LogP contribution in [0.2, 0.25) is 5.02 Å². The maximum absolute atomic E-state index is 13.4. The highest BCUT2D eigenvalue weighted by Crippen LogP contribution is 2.36. The highest BCUT2D eigenvalue weighted by Gasteiger charge is 2.28. The van der Waals surface area contributed by atoms with Crippen molar-refractivity contribution in [2.45, 2.75) is 25.8 Å². The Kier molecular flexibility index (Phi) is 4.71. The Balaban J connectivity index is 1.73. The molecule has 3 aromatic rings. The number of nitrogens with one attached hydrogen (secondary N) is 2. The van der Waals surface area contributed by atoms with E-state index in [1.807, 2.05) is 18.2 Å². The number of rotatable bonds is 5. The van der Waals surface area contributed by atoms with Crippen molar-refractivity contribution in [1.82, 2.24) is 9.97 Å². The molecule has 1 unspecified atom stereocenters. The minimum atomic E-state index is -0.458. The summed E-state index contributed by atoms with van der Waals surface area (Å²) in [4.78, 5) is 9.25. The van der Waals surface area contributed by atoms with Crippen LogP contribution in [0.5, 0.6) is 0 Å². The lowest BCUT2D eigenvalue weighted by Crippen LogP contribution is -2.19. The molecule has 0 amide bonds. The van der Waals surface area contributed by atoms with Crippen LogP contribution in [-0.2, 0) is 0 Å². The number of para-hydroxylation sites is 1. The SMILES string of the molecule is CC(Nc1nc(Nc2ccc(F)c(Cl)c2)nc2c(Br)cccc12)C1CC1. The van der Waals surface area contributed by atoms with Crippen LogP contribution >= 0.6 is 27.5 Å². The van der Waals surface area contributed by atoms with Crippen LogP contribution in [-0.4, -0.2) is 16.0 Å².